The summed E-state index contributed by atoms with van der Waals surface area (Å²) in [5, 5.41) is 14.0. The van der Waals surface area contributed by atoms with Gasteiger partial charge in [-0.25, -0.2) is 4.98 Å². The van der Waals surface area contributed by atoms with E-state index in [0.29, 0.717) is 0 Å². The van der Waals surface area contributed by atoms with Gasteiger partial charge in [-0.05, 0) is 5.56 Å². The van der Waals surface area contributed by atoms with Gasteiger partial charge in [-0.15, -0.1) is 0 Å². The zero-order valence-electron chi connectivity index (χ0n) is 6.13. The Morgan fingerprint density at radius 3 is 3.27 bits per heavy atom. The summed E-state index contributed by atoms with van der Waals surface area (Å²) in [5.74, 6) is -0.120. The van der Waals surface area contributed by atoms with Crippen LogP contribution in [-0.4, -0.2) is 11.5 Å². The van der Waals surface area contributed by atoms with Crippen LogP contribution in [0.4, 0.5) is 0 Å². The van der Waals surface area contributed by atoms with Gasteiger partial charge < -0.3 is 5.32 Å². The van der Waals surface area contributed by atoms with E-state index in [4.69, 9.17) is 0 Å². The molecule has 0 atom stereocenters. The molecule has 2 heterocycles. The number of fused-ring (bicyclic) bond motifs is 1. The Morgan fingerprint density at radius 1 is 1.45 bits per heavy atom. The summed E-state index contributed by atoms with van der Waals surface area (Å²) in [4.78, 5) is 3.92. The molecule has 1 radical (unpaired) electrons. The van der Waals surface area contributed by atoms with Crippen LogP contribution in [0.25, 0.3) is 0 Å². The first-order valence-electron chi connectivity index (χ1n) is 3.73. The van der Waals surface area contributed by atoms with Gasteiger partial charge in [0.25, 0.3) is 5.88 Å². The van der Waals surface area contributed by atoms with Gasteiger partial charge in [0.05, 0.1) is 5.69 Å². The van der Waals surface area contributed by atoms with Crippen LogP contribution in [0.1, 0.15) is 11.3 Å². The number of rotatable bonds is 0. The lowest BCUT2D eigenvalue weighted by molar-refractivity contribution is 0.335. The molecular weight excluding hydrogens is 140 g/mol. The molecule has 0 spiro atoms. The zero-order valence-corrected chi connectivity index (χ0v) is 6.13. The molecule has 0 bridgehead atoms. The number of aromatic nitrogens is 1. The average Bonchev–Trinajstić information content (AvgIpc) is 2.04. The van der Waals surface area contributed by atoms with E-state index in [1.807, 2.05) is 6.07 Å². The molecule has 0 aromatic carbocycles. The summed E-state index contributed by atoms with van der Waals surface area (Å²) in [7, 11) is 0. The van der Waals surface area contributed by atoms with E-state index >= 15 is 0 Å². The Bertz CT molecular complexity index is 273. The lowest BCUT2D eigenvalue weighted by atomic mass is 10.1. The van der Waals surface area contributed by atoms with Crippen LogP contribution in [0.15, 0.2) is 12.1 Å². The molecular formula is C8H9N2O. The lowest BCUT2D eigenvalue weighted by Crippen LogP contribution is -2.24. The Morgan fingerprint density at radius 2 is 2.36 bits per heavy atom. The Hall–Kier alpha value is -1.09. The highest BCUT2D eigenvalue weighted by Gasteiger charge is 2.09. The predicted molar refractivity (Wildman–Crippen MR) is 39.8 cm³/mol. The third-order valence-corrected chi connectivity index (χ3v) is 1.90. The van der Waals surface area contributed by atoms with Crippen molar-refractivity contribution in [2.75, 3.05) is 6.54 Å². The van der Waals surface area contributed by atoms with Gasteiger partial charge in [0.1, 0.15) is 0 Å². The fraction of sp³-hybridized carbons (Fsp3) is 0.375. The summed E-state index contributed by atoms with van der Waals surface area (Å²) >= 11 is 0. The lowest BCUT2D eigenvalue weighted by Gasteiger charge is -2.14. The van der Waals surface area contributed by atoms with Crippen LogP contribution < -0.4 is 5.32 Å². The average molecular weight is 149 g/mol. The van der Waals surface area contributed by atoms with Crippen LogP contribution in [0.5, 0.6) is 5.88 Å². The van der Waals surface area contributed by atoms with E-state index < -0.39 is 0 Å². The first-order valence-corrected chi connectivity index (χ1v) is 3.73. The van der Waals surface area contributed by atoms with E-state index in [1.165, 1.54) is 6.07 Å². The molecule has 11 heavy (non-hydrogen) atoms. The molecule has 1 N–H and O–H groups in total. The standard InChI is InChI=1S/C8H9N2O/c11-8-2-1-6-5-9-4-3-7(6)10-8/h1-2,9H,3-5H2. The Labute approximate surface area is 65.1 Å². The Balaban J connectivity index is 2.43. The van der Waals surface area contributed by atoms with Crippen LogP contribution in [-0.2, 0) is 18.1 Å². The molecule has 0 saturated heterocycles. The molecule has 0 unspecified atom stereocenters. The molecule has 2 rings (SSSR count). The van der Waals surface area contributed by atoms with Gasteiger partial charge in [-0.3, -0.25) is 5.11 Å². The third-order valence-electron chi connectivity index (χ3n) is 1.90. The maximum Gasteiger partial charge on any atom is 0.269 e. The smallest absolute Gasteiger partial charge is 0.269 e. The Kier molecular flexibility index (Phi) is 1.51. The maximum atomic E-state index is 10.8. The molecule has 1 aromatic heterocycles. The number of pyridine rings is 1. The monoisotopic (exact) mass is 149 g/mol. The summed E-state index contributed by atoms with van der Waals surface area (Å²) in [6.07, 6.45) is 0.880. The van der Waals surface area contributed by atoms with Gasteiger partial charge in [0.2, 0.25) is 0 Å². The van der Waals surface area contributed by atoms with Gasteiger partial charge in [-0.2, -0.15) is 0 Å². The minimum atomic E-state index is -0.120. The number of nitrogens with one attached hydrogen (secondary N) is 1. The molecule has 3 nitrogen and oxygen atoms in total. The van der Waals surface area contributed by atoms with Crippen molar-refractivity contribution < 1.29 is 5.11 Å². The molecule has 1 aliphatic heterocycles. The second kappa shape index (κ2) is 2.51. The van der Waals surface area contributed by atoms with Crippen molar-refractivity contribution in [1.82, 2.24) is 10.3 Å². The largest absolute Gasteiger partial charge is 0.312 e. The zero-order chi connectivity index (χ0) is 7.68. The molecule has 0 amide bonds. The number of hydrogen-bond acceptors (Lipinski definition) is 2. The minimum Gasteiger partial charge on any atom is -0.312 e. The summed E-state index contributed by atoms with van der Waals surface area (Å²) in [6.45, 7) is 1.78. The minimum absolute atomic E-state index is 0.120. The van der Waals surface area contributed by atoms with E-state index in [2.05, 4.69) is 10.3 Å². The van der Waals surface area contributed by atoms with Gasteiger partial charge >= 0.3 is 0 Å². The normalized spacial score (nSPS) is 16.0. The SMILES string of the molecule is [O]c1ccc2c(n1)CCNC2. The van der Waals surface area contributed by atoms with Gasteiger partial charge in [0, 0.05) is 25.6 Å². The highest BCUT2D eigenvalue weighted by Crippen LogP contribution is 2.14. The van der Waals surface area contributed by atoms with Crippen molar-refractivity contribution in [3.8, 4) is 5.88 Å². The first kappa shape index (κ1) is 6.61. The van der Waals surface area contributed by atoms with Gasteiger partial charge in [0.15, 0.2) is 0 Å². The topological polar surface area (TPSA) is 44.8 Å². The van der Waals surface area contributed by atoms with Crippen molar-refractivity contribution in [3.05, 3.63) is 23.4 Å². The van der Waals surface area contributed by atoms with Crippen molar-refractivity contribution in [2.45, 2.75) is 13.0 Å². The van der Waals surface area contributed by atoms with Gasteiger partial charge in [-0.1, -0.05) is 6.07 Å². The maximum absolute atomic E-state index is 10.8. The molecule has 0 aliphatic carbocycles. The van der Waals surface area contributed by atoms with Crippen molar-refractivity contribution in [1.29, 1.82) is 0 Å². The van der Waals surface area contributed by atoms with Crippen molar-refractivity contribution in [2.24, 2.45) is 0 Å². The first-order chi connectivity index (χ1) is 5.36. The third kappa shape index (κ3) is 1.19. The van der Waals surface area contributed by atoms with E-state index in [1.54, 1.807) is 0 Å². The molecule has 0 fully saturated rings. The molecule has 1 aromatic rings. The molecule has 1 aliphatic rings. The highest BCUT2D eigenvalue weighted by molar-refractivity contribution is 5.26. The van der Waals surface area contributed by atoms with Crippen LogP contribution in [0, 0.1) is 0 Å². The molecule has 57 valence electrons. The predicted octanol–water partition coefficient (Wildman–Crippen LogP) is 0.871. The van der Waals surface area contributed by atoms with E-state index in [0.717, 1.165) is 30.8 Å². The summed E-state index contributed by atoms with van der Waals surface area (Å²) in [5.41, 5.74) is 2.13. The summed E-state index contributed by atoms with van der Waals surface area (Å²) in [6, 6.07) is 3.38. The number of nitrogens with zero attached hydrogens (tertiary/aromatic N) is 1. The quantitative estimate of drug-likeness (QED) is 0.595. The summed E-state index contributed by atoms with van der Waals surface area (Å²) < 4.78 is 0. The van der Waals surface area contributed by atoms with Crippen molar-refractivity contribution in [3.63, 3.8) is 0 Å². The highest BCUT2D eigenvalue weighted by atomic mass is 16.3. The molecule has 0 saturated carbocycles. The van der Waals surface area contributed by atoms with E-state index in [-0.39, 0.29) is 5.88 Å². The fourth-order valence-electron chi connectivity index (χ4n) is 1.32. The van der Waals surface area contributed by atoms with Crippen LogP contribution in [0.2, 0.25) is 0 Å². The van der Waals surface area contributed by atoms with Crippen LogP contribution >= 0.6 is 0 Å². The van der Waals surface area contributed by atoms with Crippen LogP contribution in [0.3, 0.4) is 0 Å². The van der Waals surface area contributed by atoms with E-state index in [9.17, 15) is 5.11 Å². The second-order valence-corrected chi connectivity index (χ2v) is 2.68. The molecule has 3 heteroatoms. The number of hydrogen-bond donors (Lipinski definition) is 1. The van der Waals surface area contributed by atoms with Crippen molar-refractivity contribution >= 4 is 0 Å². The second-order valence-electron chi connectivity index (χ2n) is 2.68. The fourth-order valence-corrected chi connectivity index (χ4v) is 1.32.